The van der Waals surface area contributed by atoms with E-state index in [1.807, 2.05) is 42.2 Å². The fraction of sp³-hybridized carbons (Fsp3) is 0.556. The molecular weight excluding hydrogens is 276 g/mol. The first-order chi connectivity index (χ1) is 10.8. The normalized spacial score (nSPS) is 21.5. The maximum atomic E-state index is 12.5. The molecule has 0 spiro atoms. The molecule has 0 saturated heterocycles. The second-order valence-electron chi connectivity index (χ2n) is 6.19. The van der Waals surface area contributed by atoms with Gasteiger partial charge in [0.2, 0.25) is 5.91 Å². The van der Waals surface area contributed by atoms with E-state index >= 15 is 0 Å². The largest absolute Gasteiger partial charge is 0.390 e. The van der Waals surface area contributed by atoms with Gasteiger partial charge in [0, 0.05) is 18.9 Å². The molecule has 0 N–H and O–H groups in total. The van der Waals surface area contributed by atoms with Gasteiger partial charge in [0.1, 0.15) is 0 Å². The molecule has 1 aromatic rings. The summed E-state index contributed by atoms with van der Waals surface area (Å²) >= 11 is 0. The Morgan fingerprint density at radius 3 is 2.68 bits per heavy atom. The molecule has 1 amide bonds. The predicted molar refractivity (Wildman–Crippen MR) is 86.7 cm³/mol. The first-order valence-corrected chi connectivity index (χ1v) is 8.35. The van der Waals surface area contributed by atoms with Crippen molar-refractivity contribution in [3.05, 3.63) is 35.9 Å². The number of hydrogen-bond donors (Lipinski definition) is 0. The van der Waals surface area contributed by atoms with E-state index in [4.69, 9.17) is 4.84 Å². The summed E-state index contributed by atoms with van der Waals surface area (Å²) < 4.78 is 0. The molecule has 1 fully saturated rings. The lowest BCUT2D eigenvalue weighted by atomic mass is 10.0. The number of benzene rings is 1. The van der Waals surface area contributed by atoms with Gasteiger partial charge in [-0.15, -0.1) is 0 Å². The summed E-state index contributed by atoms with van der Waals surface area (Å²) in [4.78, 5) is 20.1. The summed E-state index contributed by atoms with van der Waals surface area (Å²) in [5.74, 6) is 0.535. The molecule has 0 aromatic heterocycles. The van der Waals surface area contributed by atoms with Crippen molar-refractivity contribution in [1.82, 2.24) is 4.90 Å². The number of rotatable bonds is 5. The van der Waals surface area contributed by atoms with E-state index in [9.17, 15) is 4.79 Å². The van der Waals surface area contributed by atoms with E-state index in [0.29, 0.717) is 12.5 Å². The van der Waals surface area contributed by atoms with Gasteiger partial charge in [-0.2, -0.15) is 0 Å². The third-order valence-electron chi connectivity index (χ3n) is 4.66. The van der Waals surface area contributed by atoms with Crippen LogP contribution in [0.5, 0.6) is 0 Å². The van der Waals surface area contributed by atoms with Gasteiger partial charge in [-0.3, -0.25) is 4.79 Å². The quantitative estimate of drug-likeness (QED) is 0.838. The van der Waals surface area contributed by atoms with E-state index in [2.05, 4.69) is 5.16 Å². The molecule has 1 saturated carbocycles. The minimum Gasteiger partial charge on any atom is -0.390 e. The van der Waals surface area contributed by atoms with Crippen molar-refractivity contribution in [2.75, 3.05) is 13.1 Å². The lowest BCUT2D eigenvalue weighted by Gasteiger charge is -2.26. The van der Waals surface area contributed by atoms with Crippen LogP contribution < -0.4 is 0 Å². The summed E-state index contributed by atoms with van der Waals surface area (Å²) in [5, 5.41) is 4.21. The number of carbonyl (C=O) groups excluding carboxylic acids is 1. The Kier molecular flexibility index (Phi) is 4.76. The molecule has 0 bridgehead atoms. The summed E-state index contributed by atoms with van der Waals surface area (Å²) in [5.41, 5.74) is 2.09. The van der Waals surface area contributed by atoms with Crippen molar-refractivity contribution in [3.63, 3.8) is 0 Å². The van der Waals surface area contributed by atoms with Crippen LogP contribution in [0.15, 0.2) is 35.5 Å². The van der Waals surface area contributed by atoms with Gasteiger partial charge in [0.15, 0.2) is 6.10 Å². The fourth-order valence-electron chi connectivity index (χ4n) is 3.38. The van der Waals surface area contributed by atoms with Crippen LogP contribution in [0, 0.1) is 5.92 Å². The molecule has 3 rings (SSSR count). The molecule has 1 aliphatic carbocycles. The van der Waals surface area contributed by atoms with Gasteiger partial charge in [0.25, 0.3) is 0 Å². The van der Waals surface area contributed by atoms with Gasteiger partial charge in [-0.1, -0.05) is 48.3 Å². The summed E-state index contributed by atoms with van der Waals surface area (Å²) in [6, 6.07) is 10.1. The van der Waals surface area contributed by atoms with Crippen LogP contribution in [0.4, 0.5) is 0 Å². The highest BCUT2D eigenvalue weighted by Crippen LogP contribution is 2.27. The molecule has 22 heavy (non-hydrogen) atoms. The van der Waals surface area contributed by atoms with Crippen LogP contribution in [0.1, 0.15) is 44.6 Å². The molecule has 4 nitrogen and oxygen atoms in total. The monoisotopic (exact) mass is 300 g/mol. The second-order valence-corrected chi connectivity index (χ2v) is 6.19. The average molecular weight is 300 g/mol. The Bertz CT molecular complexity index is 535. The molecule has 118 valence electrons. The smallest absolute Gasteiger partial charge is 0.225 e. The second kappa shape index (κ2) is 6.95. The maximum Gasteiger partial charge on any atom is 0.225 e. The number of likely N-dealkylation sites (N-methyl/N-ethyl adjacent to an activating group) is 1. The highest BCUT2D eigenvalue weighted by atomic mass is 16.6. The Morgan fingerprint density at radius 1 is 1.27 bits per heavy atom. The fourth-order valence-corrected chi connectivity index (χ4v) is 3.38. The molecule has 1 aromatic carbocycles. The number of hydrogen-bond acceptors (Lipinski definition) is 3. The standard InChI is InChI=1S/C18H24N2O2/c1-2-20(18(21)15-10-6-7-11-15)13-16-12-17(19-22-16)14-8-4-3-5-9-14/h3-5,8-9,15-16H,2,6-7,10-13H2,1H3/t16-/m1/s1. The minimum absolute atomic E-state index is 0.0134. The number of carbonyl (C=O) groups is 1. The third kappa shape index (κ3) is 3.32. The topological polar surface area (TPSA) is 41.9 Å². The number of nitrogens with zero attached hydrogens (tertiary/aromatic N) is 2. The van der Waals surface area contributed by atoms with Crippen LogP contribution in [0.25, 0.3) is 0 Å². The zero-order valence-corrected chi connectivity index (χ0v) is 13.2. The van der Waals surface area contributed by atoms with E-state index < -0.39 is 0 Å². The van der Waals surface area contributed by atoms with Crippen LogP contribution in [0.3, 0.4) is 0 Å². The molecule has 2 aliphatic rings. The lowest BCUT2D eigenvalue weighted by Crippen LogP contribution is -2.40. The molecule has 1 heterocycles. The van der Waals surface area contributed by atoms with Gasteiger partial charge < -0.3 is 9.74 Å². The number of oxime groups is 1. The van der Waals surface area contributed by atoms with Gasteiger partial charge >= 0.3 is 0 Å². The first kappa shape index (κ1) is 15.1. The highest BCUT2D eigenvalue weighted by Gasteiger charge is 2.30. The van der Waals surface area contributed by atoms with Crippen molar-refractivity contribution in [2.24, 2.45) is 11.1 Å². The predicted octanol–water partition coefficient (Wildman–Crippen LogP) is 3.22. The lowest BCUT2D eigenvalue weighted by molar-refractivity contribution is -0.136. The van der Waals surface area contributed by atoms with Crippen LogP contribution in [-0.4, -0.2) is 35.7 Å². The van der Waals surface area contributed by atoms with Gasteiger partial charge in [-0.05, 0) is 25.3 Å². The zero-order chi connectivity index (χ0) is 15.4. The van der Waals surface area contributed by atoms with Crippen LogP contribution in [-0.2, 0) is 9.63 Å². The first-order valence-electron chi connectivity index (χ1n) is 8.35. The molecular formula is C18H24N2O2. The Balaban J connectivity index is 1.56. The van der Waals surface area contributed by atoms with Crippen molar-refractivity contribution in [1.29, 1.82) is 0 Å². The molecule has 0 unspecified atom stereocenters. The summed E-state index contributed by atoms with van der Waals surface area (Å²) in [6.07, 6.45) is 5.24. The third-order valence-corrected chi connectivity index (χ3v) is 4.66. The Labute approximate surface area is 132 Å². The van der Waals surface area contributed by atoms with E-state index in [1.165, 1.54) is 12.8 Å². The summed E-state index contributed by atoms with van der Waals surface area (Å²) in [6.45, 7) is 3.43. The Morgan fingerprint density at radius 2 is 2.00 bits per heavy atom. The average Bonchev–Trinajstić information content (AvgIpc) is 3.24. The van der Waals surface area contributed by atoms with E-state index in [0.717, 1.165) is 37.1 Å². The highest BCUT2D eigenvalue weighted by molar-refractivity contribution is 6.01. The van der Waals surface area contributed by atoms with E-state index in [1.54, 1.807) is 0 Å². The SMILES string of the molecule is CCN(C[C@H]1CC(c2ccccc2)=NO1)C(=O)C1CCCC1. The molecule has 1 aliphatic heterocycles. The summed E-state index contributed by atoms with van der Waals surface area (Å²) in [7, 11) is 0. The van der Waals surface area contributed by atoms with Crippen molar-refractivity contribution < 1.29 is 9.63 Å². The minimum atomic E-state index is -0.0134. The molecule has 1 atom stereocenters. The molecule has 4 heteroatoms. The van der Waals surface area contributed by atoms with Crippen molar-refractivity contribution in [3.8, 4) is 0 Å². The van der Waals surface area contributed by atoms with E-state index in [-0.39, 0.29) is 12.0 Å². The molecule has 0 radical (unpaired) electrons. The van der Waals surface area contributed by atoms with Crippen LogP contribution in [0.2, 0.25) is 0 Å². The van der Waals surface area contributed by atoms with Crippen molar-refractivity contribution >= 4 is 11.6 Å². The van der Waals surface area contributed by atoms with Gasteiger partial charge in [-0.25, -0.2) is 0 Å². The Hall–Kier alpha value is -1.84. The van der Waals surface area contributed by atoms with Crippen molar-refractivity contribution in [2.45, 2.75) is 45.1 Å². The number of amides is 1. The zero-order valence-electron chi connectivity index (χ0n) is 13.2. The van der Waals surface area contributed by atoms with Gasteiger partial charge in [0.05, 0.1) is 12.3 Å². The maximum absolute atomic E-state index is 12.5. The van der Waals surface area contributed by atoms with Crippen LogP contribution >= 0.6 is 0 Å².